The Morgan fingerprint density at radius 1 is 1.71 bits per heavy atom. The van der Waals surface area contributed by atoms with Gasteiger partial charge in [0.05, 0.1) is 12.8 Å². The van der Waals surface area contributed by atoms with Crippen molar-refractivity contribution >= 4 is 23.5 Å². The van der Waals surface area contributed by atoms with Gasteiger partial charge in [0.25, 0.3) is 0 Å². The Balaban J connectivity index is 1.91. The van der Waals surface area contributed by atoms with Gasteiger partial charge in [0.1, 0.15) is 0 Å². The molecule has 1 aromatic rings. The quantitative estimate of drug-likeness (QED) is 0.561. The van der Waals surface area contributed by atoms with Crippen LogP contribution in [0.3, 0.4) is 0 Å². The minimum absolute atomic E-state index is 0.760. The molecular formula is C9H12N4S. The number of nitrogens with zero attached hydrogens (tertiary/aromatic N) is 2. The molecule has 0 aliphatic carbocycles. The van der Waals surface area contributed by atoms with Gasteiger partial charge >= 0.3 is 0 Å². The molecule has 0 fully saturated rings. The molecule has 2 rings (SSSR count). The highest BCUT2D eigenvalue weighted by molar-refractivity contribution is 7.11. The van der Waals surface area contributed by atoms with Gasteiger partial charge in [0, 0.05) is 11.4 Å². The van der Waals surface area contributed by atoms with Gasteiger partial charge in [0.2, 0.25) is 5.96 Å². The zero-order valence-electron chi connectivity index (χ0n) is 7.95. The summed E-state index contributed by atoms with van der Waals surface area (Å²) in [7, 11) is 0. The summed E-state index contributed by atoms with van der Waals surface area (Å²) < 4.78 is 0. The second kappa shape index (κ2) is 4.23. The molecule has 1 aliphatic heterocycles. The Morgan fingerprint density at radius 3 is 3.29 bits per heavy atom. The van der Waals surface area contributed by atoms with Crippen LogP contribution in [-0.2, 0) is 0 Å². The molecule has 0 radical (unpaired) electrons. The number of nitrogens with one attached hydrogen (secondary N) is 2. The van der Waals surface area contributed by atoms with E-state index < -0.39 is 0 Å². The number of guanidine groups is 1. The lowest BCUT2D eigenvalue weighted by Gasteiger charge is -1.98. The predicted molar refractivity (Wildman–Crippen MR) is 60.1 cm³/mol. The summed E-state index contributed by atoms with van der Waals surface area (Å²) in [6.07, 6.45) is 1.82. The van der Waals surface area contributed by atoms with Crippen LogP contribution in [0.25, 0.3) is 0 Å². The summed E-state index contributed by atoms with van der Waals surface area (Å²) >= 11 is 1.68. The van der Waals surface area contributed by atoms with Crippen LogP contribution in [0.4, 0.5) is 0 Å². The van der Waals surface area contributed by atoms with Crippen LogP contribution in [0.1, 0.15) is 10.4 Å². The molecule has 0 atom stereocenters. The van der Waals surface area contributed by atoms with E-state index in [1.807, 2.05) is 6.21 Å². The number of aryl methyl sites for hydroxylation is 1. The molecule has 1 aromatic heterocycles. The first-order chi connectivity index (χ1) is 6.86. The molecule has 0 saturated heterocycles. The molecule has 74 valence electrons. The van der Waals surface area contributed by atoms with Gasteiger partial charge in [-0.05, 0) is 23.9 Å². The van der Waals surface area contributed by atoms with Crippen molar-refractivity contribution in [1.82, 2.24) is 10.7 Å². The lowest BCUT2D eigenvalue weighted by molar-refractivity contribution is 0.920. The van der Waals surface area contributed by atoms with Crippen molar-refractivity contribution in [2.75, 3.05) is 13.1 Å². The fraction of sp³-hybridized carbons (Fsp3) is 0.333. The molecule has 2 heterocycles. The summed E-state index contributed by atoms with van der Waals surface area (Å²) in [5.74, 6) is 0.760. The van der Waals surface area contributed by atoms with Crippen LogP contribution in [0, 0.1) is 6.92 Å². The fourth-order valence-corrected chi connectivity index (χ4v) is 1.93. The minimum Gasteiger partial charge on any atom is -0.353 e. The lowest BCUT2D eigenvalue weighted by atomic mass is 10.3. The van der Waals surface area contributed by atoms with E-state index in [2.05, 4.69) is 39.2 Å². The van der Waals surface area contributed by atoms with Crippen molar-refractivity contribution in [1.29, 1.82) is 0 Å². The van der Waals surface area contributed by atoms with E-state index in [0.29, 0.717) is 0 Å². The molecule has 2 N–H and O–H groups in total. The molecule has 5 heteroatoms. The second-order valence-corrected chi connectivity index (χ2v) is 3.94. The molecule has 0 unspecified atom stereocenters. The van der Waals surface area contributed by atoms with Crippen LogP contribution < -0.4 is 10.7 Å². The van der Waals surface area contributed by atoms with E-state index in [9.17, 15) is 0 Å². The van der Waals surface area contributed by atoms with Crippen LogP contribution in [0.15, 0.2) is 21.5 Å². The lowest BCUT2D eigenvalue weighted by Crippen LogP contribution is -2.30. The topological polar surface area (TPSA) is 48.8 Å². The Morgan fingerprint density at radius 2 is 2.64 bits per heavy atom. The van der Waals surface area contributed by atoms with Gasteiger partial charge in [-0.1, -0.05) is 0 Å². The van der Waals surface area contributed by atoms with E-state index in [1.165, 1.54) is 10.4 Å². The molecule has 4 nitrogen and oxygen atoms in total. The van der Waals surface area contributed by atoms with Gasteiger partial charge in [-0.3, -0.25) is 0 Å². The average Bonchev–Trinajstić information content (AvgIpc) is 2.78. The second-order valence-electron chi connectivity index (χ2n) is 2.99. The first-order valence-corrected chi connectivity index (χ1v) is 5.36. The normalized spacial score (nSPS) is 15.6. The molecule has 0 spiro atoms. The van der Waals surface area contributed by atoms with E-state index in [0.717, 1.165) is 19.0 Å². The summed E-state index contributed by atoms with van der Waals surface area (Å²) in [4.78, 5) is 5.34. The monoisotopic (exact) mass is 208 g/mol. The van der Waals surface area contributed by atoms with Crippen molar-refractivity contribution in [3.8, 4) is 0 Å². The maximum absolute atomic E-state index is 4.16. The third kappa shape index (κ3) is 2.11. The maximum atomic E-state index is 4.16. The Labute approximate surface area is 86.8 Å². The van der Waals surface area contributed by atoms with Crippen LogP contribution in [-0.4, -0.2) is 25.3 Å². The third-order valence-electron chi connectivity index (χ3n) is 1.93. The number of hydrogen-bond acceptors (Lipinski definition) is 5. The Hall–Kier alpha value is -1.36. The zero-order chi connectivity index (χ0) is 9.80. The van der Waals surface area contributed by atoms with Crippen molar-refractivity contribution in [3.63, 3.8) is 0 Å². The smallest absolute Gasteiger partial charge is 0.212 e. The zero-order valence-corrected chi connectivity index (χ0v) is 8.77. The number of thiophene rings is 1. The third-order valence-corrected chi connectivity index (χ3v) is 2.88. The van der Waals surface area contributed by atoms with Gasteiger partial charge in [0.15, 0.2) is 0 Å². The van der Waals surface area contributed by atoms with E-state index in [4.69, 9.17) is 0 Å². The molecular weight excluding hydrogens is 196 g/mol. The highest BCUT2D eigenvalue weighted by Crippen LogP contribution is 2.12. The van der Waals surface area contributed by atoms with Crippen LogP contribution >= 0.6 is 11.3 Å². The molecule has 0 bridgehead atoms. The van der Waals surface area contributed by atoms with Gasteiger partial charge in [-0.25, -0.2) is 10.4 Å². The van der Waals surface area contributed by atoms with Crippen LogP contribution in [0.2, 0.25) is 0 Å². The standard InChI is InChI=1S/C9H12N4S/c1-7-2-5-14-8(7)6-12-13-9-10-3-4-11-9/h2,5-6H,3-4H2,1H3,(H2,10,11,13)/b12-6+. The predicted octanol–water partition coefficient (Wildman–Crippen LogP) is 0.939. The molecule has 0 aromatic carbocycles. The number of hydrazone groups is 1. The number of aliphatic imine (C=N–C) groups is 1. The first-order valence-electron chi connectivity index (χ1n) is 4.48. The largest absolute Gasteiger partial charge is 0.353 e. The van der Waals surface area contributed by atoms with E-state index in [1.54, 1.807) is 11.3 Å². The fourth-order valence-electron chi connectivity index (χ4n) is 1.14. The number of hydrogen-bond donors (Lipinski definition) is 2. The SMILES string of the molecule is Cc1ccsc1/C=N/NC1=NCCN1. The molecule has 1 aliphatic rings. The van der Waals surface area contributed by atoms with Gasteiger partial charge in [-0.15, -0.1) is 11.3 Å². The summed E-state index contributed by atoms with van der Waals surface area (Å²) in [6.45, 7) is 3.80. The first kappa shape index (κ1) is 9.21. The number of rotatable bonds is 2. The molecule has 0 saturated carbocycles. The van der Waals surface area contributed by atoms with Crippen molar-refractivity contribution in [3.05, 3.63) is 21.9 Å². The highest BCUT2D eigenvalue weighted by atomic mass is 32.1. The highest BCUT2D eigenvalue weighted by Gasteiger charge is 2.01. The molecule has 0 amide bonds. The van der Waals surface area contributed by atoms with Crippen molar-refractivity contribution < 1.29 is 0 Å². The minimum atomic E-state index is 0.760. The van der Waals surface area contributed by atoms with Crippen molar-refractivity contribution in [2.24, 2.45) is 10.1 Å². The van der Waals surface area contributed by atoms with E-state index >= 15 is 0 Å². The van der Waals surface area contributed by atoms with E-state index in [-0.39, 0.29) is 0 Å². The molecule has 14 heavy (non-hydrogen) atoms. The summed E-state index contributed by atoms with van der Waals surface area (Å²) in [6, 6.07) is 2.08. The Kier molecular flexibility index (Phi) is 2.78. The summed E-state index contributed by atoms with van der Waals surface area (Å²) in [5.41, 5.74) is 4.11. The van der Waals surface area contributed by atoms with Gasteiger partial charge in [-0.2, -0.15) is 5.10 Å². The maximum Gasteiger partial charge on any atom is 0.212 e. The average molecular weight is 208 g/mol. The van der Waals surface area contributed by atoms with Crippen LogP contribution in [0.5, 0.6) is 0 Å². The Bertz CT molecular complexity index is 367. The summed E-state index contributed by atoms with van der Waals surface area (Å²) in [5, 5.41) is 9.24. The van der Waals surface area contributed by atoms with Crippen molar-refractivity contribution in [2.45, 2.75) is 6.92 Å². The van der Waals surface area contributed by atoms with Gasteiger partial charge < -0.3 is 5.32 Å².